The maximum Gasteiger partial charge on any atom is 0.126 e. The van der Waals surface area contributed by atoms with Gasteiger partial charge in [-0.15, -0.1) is 0 Å². The van der Waals surface area contributed by atoms with Crippen molar-refractivity contribution in [2.24, 2.45) is 5.92 Å². The Bertz CT molecular complexity index is 391. The molecule has 0 aliphatic carbocycles. The zero-order valence-electron chi connectivity index (χ0n) is 11.4. The zero-order valence-corrected chi connectivity index (χ0v) is 11.4. The molecule has 4 heteroatoms. The van der Waals surface area contributed by atoms with Gasteiger partial charge >= 0.3 is 0 Å². The Morgan fingerprint density at radius 1 is 1.42 bits per heavy atom. The van der Waals surface area contributed by atoms with Crippen LogP contribution in [0.1, 0.15) is 19.8 Å². The van der Waals surface area contributed by atoms with Crippen LogP contribution in [0.15, 0.2) is 24.3 Å². The molecule has 0 amide bonds. The molecule has 2 rings (SSSR count). The van der Waals surface area contributed by atoms with Crippen molar-refractivity contribution in [3.05, 3.63) is 30.1 Å². The van der Waals surface area contributed by atoms with Crippen LogP contribution >= 0.6 is 0 Å². The average molecular weight is 267 g/mol. The van der Waals surface area contributed by atoms with Crippen molar-refractivity contribution in [2.45, 2.75) is 25.9 Å². The largest absolute Gasteiger partial charge is 0.491 e. The molecular weight excluding hydrogens is 245 g/mol. The van der Waals surface area contributed by atoms with Crippen molar-refractivity contribution in [2.75, 3.05) is 26.2 Å². The molecule has 1 saturated heterocycles. The normalized spacial score (nSPS) is 19.3. The molecule has 1 heterocycles. The van der Waals surface area contributed by atoms with Gasteiger partial charge in [-0.3, -0.25) is 0 Å². The molecule has 0 aromatic heterocycles. The van der Waals surface area contributed by atoms with Crippen LogP contribution in [0.4, 0.5) is 4.39 Å². The summed E-state index contributed by atoms with van der Waals surface area (Å²) in [5, 5.41) is 10.1. The van der Waals surface area contributed by atoms with Crippen LogP contribution in [0.25, 0.3) is 0 Å². The minimum Gasteiger partial charge on any atom is -0.491 e. The van der Waals surface area contributed by atoms with E-state index in [1.165, 1.54) is 12.1 Å². The standard InChI is InChI=1S/C15H22FNO2/c1-2-17-8-6-12(7-9-17)15(18)11-19-14-5-3-4-13(16)10-14/h3-5,10,12,15,18H,2,6-9,11H2,1H3. The molecule has 106 valence electrons. The van der Waals surface area contributed by atoms with E-state index in [4.69, 9.17) is 4.74 Å². The number of rotatable bonds is 5. The first-order chi connectivity index (χ1) is 9.19. The smallest absolute Gasteiger partial charge is 0.126 e. The van der Waals surface area contributed by atoms with Gasteiger partial charge in [0, 0.05) is 6.07 Å². The molecular formula is C15H22FNO2. The quantitative estimate of drug-likeness (QED) is 0.888. The van der Waals surface area contributed by atoms with E-state index in [0.29, 0.717) is 5.75 Å². The first-order valence-electron chi connectivity index (χ1n) is 6.98. The molecule has 1 fully saturated rings. The maximum atomic E-state index is 13.0. The van der Waals surface area contributed by atoms with Crippen LogP contribution in [-0.2, 0) is 0 Å². The fourth-order valence-electron chi connectivity index (χ4n) is 2.53. The Morgan fingerprint density at radius 2 is 2.16 bits per heavy atom. The van der Waals surface area contributed by atoms with Gasteiger partial charge in [0.2, 0.25) is 0 Å². The molecule has 0 spiro atoms. The molecule has 3 nitrogen and oxygen atoms in total. The van der Waals surface area contributed by atoms with Gasteiger partial charge in [0.05, 0.1) is 6.10 Å². The summed E-state index contributed by atoms with van der Waals surface area (Å²) < 4.78 is 18.4. The van der Waals surface area contributed by atoms with Gasteiger partial charge in [0.15, 0.2) is 0 Å². The lowest BCUT2D eigenvalue weighted by Crippen LogP contribution is -2.39. The molecule has 1 unspecified atom stereocenters. The molecule has 1 aliphatic rings. The molecule has 0 bridgehead atoms. The molecule has 0 radical (unpaired) electrons. The number of benzene rings is 1. The predicted molar refractivity (Wildman–Crippen MR) is 72.7 cm³/mol. The fraction of sp³-hybridized carbons (Fsp3) is 0.600. The van der Waals surface area contributed by atoms with Gasteiger partial charge in [-0.25, -0.2) is 4.39 Å². The van der Waals surface area contributed by atoms with Crippen molar-refractivity contribution in [1.29, 1.82) is 0 Å². The van der Waals surface area contributed by atoms with Crippen molar-refractivity contribution >= 4 is 0 Å². The Balaban J connectivity index is 1.77. The van der Waals surface area contributed by atoms with E-state index in [-0.39, 0.29) is 18.3 Å². The summed E-state index contributed by atoms with van der Waals surface area (Å²) in [4.78, 5) is 2.39. The summed E-state index contributed by atoms with van der Waals surface area (Å²) in [6.45, 7) is 5.54. The van der Waals surface area contributed by atoms with Crippen molar-refractivity contribution in [3.8, 4) is 5.75 Å². The van der Waals surface area contributed by atoms with Crippen molar-refractivity contribution in [3.63, 3.8) is 0 Å². The van der Waals surface area contributed by atoms with E-state index < -0.39 is 6.10 Å². The first-order valence-corrected chi connectivity index (χ1v) is 6.98. The second kappa shape index (κ2) is 6.87. The van der Waals surface area contributed by atoms with Gasteiger partial charge in [-0.1, -0.05) is 13.0 Å². The van der Waals surface area contributed by atoms with Gasteiger partial charge in [0.1, 0.15) is 18.2 Å². The lowest BCUT2D eigenvalue weighted by atomic mass is 9.91. The molecule has 1 N–H and O–H groups in total. The van der Waals surface area contributed by atoms with Gasteiger partial charge < -0.3 is 14.7 Å². The molecule has 1 aromatic rings. The maximum absolute atomic E-state index is 13.0. The van der Waals surface area contributed by atoms with E-state index in [1.54, 1.807) is 12.1 Å². The van der Waals surface area contributed by atoms with Gasteiger partial charge in [-0.2, -0.15) is 0 Å². The Labute approximate surface area is 114 Å². The van der Waals surface area contributed by atoms with E-state index >= 15 is 0 Å². The van der Waals surface area contributed by atoms with E-state index in [2.05, 4.69) is 11.8 Å². The summed E-state index contributed by atoms with van der Waals surface area (Å²) in [7, 11) is 0. The number of piperidine rings is 1. The summed E-state index contributed by atoms with van der Waals surface area (Å²) in [6.07, 6.45) is 1.53. The number of ether oxygens (including phenoxy) is 1. The molecule has 19 heavy (non-hydrogen) atoms. The monoisotopic (exact) mass is 267 g/mol. The summed E-state index contributed by atoms with van der Waals surface area (Å²) in [6, 6.07) is 6.03. The van der Waals surface area contributed by atoms with E-state index in [1.807, 2.05) is 0 Å². The fourth-order valence-corrected chi connectivity index (χ4v) is 2.53. The van der Waals surface area contributed by atoms with Crippen LogP contribution in [0.3, 0.4) is 0 Å². The minimum absolute atomic E-state index is 0.236. The SMILES string of the molecule is CCN1CCC(C(O)COc2cccc(F)c2)CC1. The average Bonchev–Trinajstić information content (AvgIpc) is 2.45. The lowest BCUT2D eigenvalue weighted by Gasteiger charge is -2.33. The number of hydrogen-bond donors (Lipinski definition) is 1. The lowest BCUT2D eigenvalue weighted by molar-refractivity contribution is 0.0266. The molecule has 1 aliphatic heterocycles. The third-order valence-corrected chi connectivity index (χ3v) is 3.84. The molecule has 1 atom stereocenters. The highest BCUT2D eigenvalue weighted by molar-refractivity contribution is 5.22. The second-order valence-corrected chi connectivity index (χ2v) is 5.11. The van der Waals surface area contributed by atoms with Crippen molar-refractivity contribution < 1.29 is 14.2 Å². The van der Waals surface area contributed by atoms with Crippen LogP contribution in [-0.4, -0.2) is 42.4 Å². The second-order valence-electron chi connectivity index (χ2n) is 5.11. The third-order valence-electron chi connectivity index (χ3n) is 3.84. The highest BCUT2D eigenvalue weighted by atomic mass is 19.1. The summed E-state index contributed by atoms with van der Waals surface area (Å²) >= 11 is 0. The highest BCUT2D eigenvalue weighted by Gasteiger charge is 2.24. The molecule has 1 aromatic carbocycles. The van der Waals surface area contributed by atoms with Gasteiger partial charge in [0.25, 0.3) is 0 Å². The number of aliphatic hydroxyl groups excluding tert-OH is 1. The number of nitrogens with zero attached hydrogens (tertiary/aromatic N) is 1. The van der Waals surface area contributed by atoms with Crippen LogP contribution in [0, 0.1) is 11.7 Å². The van der Waals surface area contributed by atoms with Crippen LogP contribution in [0.2, 0.25) is 0 Å². The van der Waals surface area contributed by atoms with E-state index in [0.717, 1.165) is 32.5 Å². The highest BCUT2D eigenvalue weighted by Crippen LogP contribution is 2.21. The van der Waals surface area contributed by atoms with E-state index in [9.17, 15) is 9.50 Å². The van der Waals surface area contributed by atoms with Crippen molar-refractivity contribution in [1.82, 2.24) is 4.90 Å². The van der Waals surface area contributed by atoms with Crippen LogP contribution < -0.4 is 4.74 Å². The number of likely N-dealkylation sites (tertiary alicyclic amines) is 1. The first kappa shape index (κ1) is 14.3. The third kappa shape index (κ3) is 4.18. The zero-order chi connectivity index (χ0) is 13.7. The van der Waals surface area contributed by atoms with Gasteiger partial charge in [-0.05, 0) is 50.5 Å². The predicted octanol–water partition coefficient (Wildman–Crippen LogP) is 2.30. The minimum atomic E-state index is -0.470. The topological polar surface area (TPSA) is 32.7 Å². The number of aliphatic hydroxyl groups is 1. The summed E-state index contributed by atoms with van der Waals surface area (Å²) in [5.41, 5.74) is 0. The Hall–Kier alpha value is -1.13. The summed E-state index contributed by atoms with van der Waals surface area (Å²) in [5.74, 6) is 0.449. The number of halogens is 1. The van der Waals surface area contributed by atoms with Crippen LogP contribution in [0.5, 0.6) is 5.75 Å². The molecule has 0 saturated carbocycles. The number of hydrogen-bond acceptors (Lipinski definition) is 3. The Kier molecular flexibility index (Phi) is 5.16. The Morgan fingerprint density at radius 3 is 2.79 bits per heavy atom.